The lowest BCUT2D eigenvalue weighted by Gasteiger charge is -2.23. The molecule has 3 rings (SSSR count). The van der Waals surface area contributed by atoms with E-state index in [0.29, 0.717) is 11.5 Å². The average Bonchev–Trinajstić information content (AvgIpc) is 2.54. The predicted molar refractivity (Wildman–Crippen MR) is 90.7 cm³/mol. The molecule has 6 nitrogen and oxygen atoms in total. The number of halogens is 1. The lowest BCUT2D eigenvalue weighted by Crippen LogP contribution is -2.28. The highest BCUT2D eigenvalue weighted by molar-refractivity contribution is 5.93. The lowest BCUT2D eigenvalue weighted by molar-refractivity contribution is -0.122. The Morgan fingerprint density at radius 2 is 1.96 bits per heavy atom. The van der Waals surface area contributed by atoms with E-state index in [1.165, 1.54) is 24.4 Å². The first-order valence-electron chi connectivity index (χ1n) is 8.06. The fraction of sp³-hybridized carbons (Fsp3) is 0.278. The van der Waals surface area contributed by atoms with Crippen LogP contribution in [0.2, 0.25) is 0 Å². The summed E-state index contributed by atoms with van der Waals surface area (Å²) in [5.41, 5.74) is 0.581. The molecule has 1 heterocycles. The maximum absolute atomic E-state index is 13.4. The molecule has 1 saturated carbocycles. The van der Waals surface area contributed by atoms with Crippen molar-refractivity contribution < 1.29 is 18.7 Å². The van der Waals surface area contributed by atoms with Crippen molar-refractivity contribution in [3.05, 3.63) is 48.4 Å². The lowest BCUT2D eigenvalue weighted by atomic mass is 9.85. The number of carbonyl (C=O) groups is 2. The smallest absolute Gasteiger partial charge is 0.263 e. The van der Waals surface area contributed by atoms with Crippen LogP contribution in [0.1, 0.15) is 19.3 Å². The van der Waals surface area contributed by atoms with Crippen LogP contribution in [0.5, 0.6) is 5.75 Å². The Kier molecular flexibility index (Phi) is 5.23. The average molecular weight is 343 g/mol. The molecule has 0 aliphatic heterocycles. The number of pyridine rings is 1. The zero-order chi connectivity index (χ0) is 17.6. The molecule has 0 bridgehead atoms. The van der Waals surface area contributed by atoms with Gasteiger partial charge in [-0.3, -0.25) is 9.59 Å². The van der Waals surface area contributed by atoms with Gasteiger partial charge in [-0.1, -0.05) is 18.6 Å². The summed E-state index contributed by atoms with van der Waals surface area (Å²) in [5.74, 6) is -0.552. The van der Waals surface area contributed by atoms with E-state index >= 15 is 0 Å². The number of aromatic nitrogens is 1. The Bertz CT molecular complexity index is 760. The van der Waals surface area contributed by atoms with Crippen molar-refractivity contribution in [2.75, 3.05) is 17.2 Å². The Balaban J connectivity index is 1.48. The van der Waals surface area contributed by atoms with Crippen LogP contribution >= 0.6 is 0 Å². The quantitative estimate of drug-likeness (QED) is 0.845. The van der Waals surface area contributed by atoms with Gasteiger partial charge in [0.1, 0.15) is 5.82 Å². The van der Waals surface area contributed by atoms with Crippen LogP contribution in [0, 0.1) is 11.7 Å². The molecule has 130 valence electrons. The third-order valence-electron chi connectivity index (χ3n) is 3.97. The molecular formula is C18H18FN3O3. The van der Waals surface area contributed by atoms with Gasteiger partial charge in [-0.25, -0.2) is 9.37 Å². The van der Waals surface area contributed by atoms with Gasteiger partial charge in [0, 0.05) is 5.92 Å². The monoisotopic (exact) mass is 343 g/mol. The summed E-state index contributed by atoms with van der Waals surface area (Å²) >= 11 is 0. The Morgan fingerprint density at radius 1 is 1.16 bits per heavy atom. The van der Waals surface area contributed by atoms with Crippen molar-refractivity contribution in [1.82, 2.24) is 4.98 Å². The van der Waals surface area contributed by atoms with Crippen LogP contribution in [-0.2, 0) is 9.59 Å². The topological polar surface area (TPSA) is 80.3 Å². The molecule has 0 radical (unpaired) electrons. The van der Waals surface area contributed by atoms with Crippen LogP contribution in [0.15, 0.2) is 42.6 Å². The number of ether oxygens (including phenoxy) is 1. The summed E-state index contributed by atoms with van der Waals surface area (Å²) in [7, 11) is 0. The number of nitrogens with zero attached hydrogens (tertiary/aromatic N) is 1. The standard InChI is InChI=1S/C18H18FN3O3/c19-14-6-1-2-7-15(14)25-11-17(23)22-16-9-8-13(10-20-16)21-18(24)12-4-3-5-12/h1-2,6-10,12H,3-5,11H2,(H,21,24)(H,20,22,23). The zero-order valence-electron chi connectivity index (χ0n) is 13.5. The van der Waals surface area contributed by atoms with Gasteiger partial charge in [-0.05, 0) is 37.1 Å². The maximum Gasteiger partial charge on any atom is 0.263 e. The fourth-order valence-corrected chi connectivity index (χ4v) is 2.34. The van der Waals surface area contributed by atoms with Crippen LogP contribution < -0.4 is 15.4 Å². The van der Waals surface area contributed by atoms with Crippen molar-refractivity contribution in [1.29, 1.82) is 0 Å². The first kappa shape index (κ1) is 16.9. The summed E-state index contributed by atoms with van der Waals surface area (Å²) in [6.07, 6.45) is 4.42. The fourth-order valence-electron chi connectivity index (χ4n) is 2.34. The molecule has 0 spiro atoms. The summed E-state index contributed by atoms with van der Waals surface area (Å²) in [6, 6.07) is 9.10. The number of anilines is 2. The number of hydrogen-bond acceptors (Lipinski definition) is 4. The van der Waals surface area contributed by atoms with Gasteiger partial charge in [-0.2, -0.15) is 0 Å². The number of carbonyl (C=O) groups excluding carboxylic acids is 2. The number of rotatable bonds is 6. The van der Waals surface area contributed by atoms with Crippen molar-refractivity contribution in [3.63, 3.8) is 0 Å². The van der Waals surface area contributed by atoms with Crippen molar-refractivity contribution in [2.45, 2.75) is 19.3 Å². The number of nitrogens with one attached hydrogen (secondary N) is 2. The van der Waals surface area contributed by atoms with Gasteiger partial charge < -0.3 is 15.4 Å². The van der Waals surface area contributed by atoms with Crippen LogP contribution in [0.3, 0.4) is 0 Å². The number of benzene rings is 1. The maximum atomic E-state index is 13.4. The molecule has 7 heteroatoms. The Morgan fingerprint density at radius 3 is 2.60 bits per heavy atom. The molecule has 0 saturated heterocycles. The number of para-hydroxylation sites is 1. The summed E-state index contributed by atoms with van der Waals surface area (Å²) in [5, 5.41) is 5.34. The minimum Gasteiger partial charge on any atom is -0.481 e. The molecular weight excluding hydrogens is 325 g/mol. The number of hydrogen-bond donors (Lipinski definition) is 2. The van der Waals surface area contributed by atoms with Crippen molar-refractivity contribution in [2.24, 2.45) is 5.92 Å². The van der Waals surface area contributed by atoms with Gasteiger partial charge in [0.05, 0.1) is 11.9 Å². The van der Waals surface area contributed by atoms with E-state index < -0.39 is 11.7 Å². The molecule has 25 heavy (non-hydrogen) atoms. The third kappa shape index (κ3) is 4.53. The molecule has 0 atom stereocenters. The molecule has 2 N–H and O–H groups in total. The van der Waals surface area contributed by atoms with Gasteiger partial charge in [0.2, 0.25) is 5.91 Å². The van der Waals surface area contributed by atoms with Gasteiger partial charge in [-0.15, -0.1) is 0 Å². The van der Waals surface area contributed by atoms with E-state index in [4.69, 9.17) is 4.74 Å². The summed E-state index contributed by atoms with van der Waals surface area (Å²) in [4.78, 5) is 27.7. The van der Waals surface area contributed by atoms with Gasteiger partial charge in [0.15, 0.2) is 18.2 Å². The van der Waals surface area contributed by atoms with E-state index in [1.807, 2.05) is 0 Å². The minimum absolute atomic E-state index is 0.00289. The third-order valence-corrected chi connectivity index (χ3v) is 3.97. The van der Waals surface area contributed by atoms with E-state index in [-0.39, 0.29) is 24.2 Å². The largest absolute Gasteiger partial charge is 0.481 e. The molecule has 2 aromatic rings. The molecule has 1 fully saturated rings. The van der Waals surface area contributed by atoms with E-state index in [2.05, 4.69) is 15.6 Å². The van der Waals surface area contributed by atoms with Crippen LogP contribution in [0.4, 0.5) is 15.9 Å². The second kappa shape index (κ2) is 7.74. The van der Waals surface area contributed by atoms with E-state index in [1.54, 1.807) is 18.2 Å². The second-order valence-electron chi connectivity index (χ2n) is 5.82. The predicted octanol–water partition coefficient (Wildman–Crippen LogP) is 2.98. The molecule has 1 aliphatic rings. The van der Waals surface area contributed by atoms with E-state index in [0.717, 1.165) is 19.3 Å². The van der Waals surface area contributed by atoms with Gasteiger partial charge in [0.25, 0.3) is 5.91 Å². The highest BCUT2D eigenvalue weighted by Crippen LogP contribution is 2.27. The first-order valence-corrected chi connectivity index (χ1v) is 8.06. The van der Waals surface area contributed by atoms with E-state index in [9.17, 15) is 14.0 Å². The number of amides is 2. The summed E-state index contributed by atoms with van der Waals surface area (Å²) in [6.45, 7) is -0.331. The first-order chi connectivity index (χ1) is 12.1. The second-order valence-corrected chi connectivity index (χ2v) is 5.82. The van der Waals surface area contributed by atoms with Crippen LogP contribution in [0.25, 0.3) is 0 Å². The van der Waals surface area contributed by atoms with Gasteiger partial charge >= 0.3 is 0 Å². The molecule has 0 unspecified atom stereocenters. The Labute approximate surface area is 144 Å². The molecule has 1 aromatic heterocycles. The normalized spacial score (nSPS) is 13.6. The van der Waals surface area contributed by atoms with Crippen molar-refractivity contribution >= 4 is 23.3 Å². The minimum atomic E-state index is -0.528. The Hall–Kier alpha value is -2.96. The molecule has 1 aromatic carbocycles. The molecule has 1 aliphatic carbocycles. The molecule has 2 amide bonds. The van der Waals surface area contributed by atoms with Crippen LogP contribution in [-0.4, -0.2) is 23.4 Å². The highest BCUT2D eigenvalue weighted by Gasteiger charge is 2.25. The van der Waals surface area contributed by atoms with Crippen molar-refractivity contribution in [3.8, 4) is 5.75 Å². The highest BCUT2D eigenvalue weighted by atomic mass is 19.1. The SMILES string of the molecule is O=C(COc1ccccc1F)Nc1ccc(NC(=O)C2CCC2)cn1. The zero-order valence-corrected chi connectivity index (χ0v) is 13.5. The summed E-state index contributed by atoms with van der Waals surface area (Å²) < 4.78 is 18.5.